The third-order valence-corrected chi connectivity index (χ3v) is 8.45. The number of unbranched alkanes of at least 4 members (excludes halogenated alkanes) is 4. The summed E-state index contributed by atoms with van der Waals surface area (Å²) in [5.41, 5.74) is -0.569. The maximum Gasteiger partial charge on any atom is 0.312 e. The number of anilines is 1. The van der Waals surface area contributed by atoms with Gasteiger partial charge in [0.25, 0.3) is 5.91 Å². The second kappa shape index (κ2) is 13.1. The smallest absolute Gasteiger partial charge is 0.312 e. The molecule has 0 radical (unpaired) electrons. The molecule has 1 aromatic rings. The lowest BCUT2D eigenvalue weighted by molar-refractivity contribution is -0.155. The van der Waals surface area contributed by atoms with Gasteiger partial charge in [-0.15, -0.1) is 13.2 Å². The van der Waals surface area contributed by atoms with Crippen LogP contribution in [0.1, 0.15) is 51.4 Å². The first-order valence-electron chi connectivity index (χ1n) is 13.9. The van der Waals surface area contributed by atoms with Gasteiger partial charge in [0.15, 0.2) is 0 Å². The van der Waals surface area contributed by atoms with E-state index < -0.39 is 35.6 Å². The average Bonchev–Trinajstić information content (AvgIpc) is 3.57. The maximum atomic E-state index is 14.4. The summed E-state index contributed by atoms with van der Waals surface area (Å²) >= 11 is 6.50. The van der Waals surface area contributed by atoms with Gasteiger partial charge in [0, 0.05) is 19.7 Å². The predicted octanol–water partition coefficient (Wildman–Crippen LogP) is 4.30. The number of nitrogens with zero attached hydrogens (tertiary/aromatic N) is 2. The molecule has 0 aliphatic carbocycles. The Morgan fingerprint density at radius 3 is 2.67 bits per heavy atom. The fraction of sp³-hybridized carbons (Fsp3) is 0.567. The van der Waals surface area contributed by atoms with Crippen molar-refractivity contribution in [2.75, 3.05) is 31.2 Å². The van der Waals surface area contributed by atoms with Crippen LogP contribution in [-0.2, 0) is 23.9 Å². The summed E-state index contributed by atoms with van der Waals surface area (Å²) in [5.74, 6) is -2.48. The highest BCUT2D eigenvalue weighted by Crippen LogP contribution is 2.59. The van der Waals surface area contributed by atoms with E-state index in [0.29, 0.717) is 49.4 Å². The van der Waals surface area contributed by atoms with Crippen LogP contribution in [-0.4, -0.2) is 71.8 Å². The van der Waals surface area contributed by atoms with Crippen LogP contribution in [0.5, 0.6) is 0 Å². The Morgan fingerprint density at radius 1 is 1.18 bits per heavy atom. The minimum atomic E-state index is -1.10. The molecular formula is C30H39ClN2O6. The minimum Gasteiger partial charge on any atom is -0.465 e. The number of ether oxygens (including phenoxy) is 2. The van der Waals surface area contributed by atoms with E-state index in [1.54, 1.807) is 46.2 Å². The molecular weight excluding hydrogens is 520 g/mol. The Morgan fingerprint density at radius 2 is 1.95 bits per heavy atom. The van der Waals surface area contributed by atoms with Crippen molar-refractivity contribution in [2.24, 2.45) is 11.8 Å². The second-order valence-corrected chi connectivity index (χ2v) is 10.9. The van der Waals surface area contributed by atoms with Gasteiger partial charge in [-0.1, -0.05) is 48.7 Å². The van der Waals surface area contributed by atoms with Crippen molar-refractivity contribution >= 4 is 35.1 Å². The van der Waals surface area contributed by atoms with Gasteiger partial charge in [0.1, 0.15) is 11.6 Å². The third kappa shape index (κ3) is 5.65. The molecule has 0 saturated carbocycles. The molecule has 3 fully saturated rings. The van der Waals surface area contributed by atoms with E-state index >= 15 is 0 Å². The monoisotopic (exact) mass is 558 g/mol. The van der Waals surface area contributed by atoms with Gasteiger partial charge in [-0.2, -0.15) is 0 Å². The number of para-hydroxylation sites is 1. The lowest BCUT2D eigenvalue weighted by atomic mass is 9.70. The van der Waals surface area contributed by atoms with Gasteiger partial charge in [-0.3, -0.25) is 14.4 Å². The molecule has 1 spiro atoms. The van der Waals surface area contributed by atoms with Crippen molar-refractivity contribution < 1.29 is 29.0 Å². The molecule has 3 aliphatic heterocycles. The summed E-state index contributed by atoms with van der Waals surface area (Å²) in [5, 5.41) is 9.55. The third-order valence-electron chi connectivity index (χ3n) is 8.13. The quantitative estimate of drug-likeness (QED) is 0.196. The lowest BCUT2D eigenvalue weighted by Crippen LogP contribution is -2.56. The standard InChI is InChI=1S/C30H39ClN2O6/c1-3-5-12-20-38-29(37)24-23-15-16-30(39-23)25(24)27(35)33(18-10-6-7-11-19-34)26(30)28(36)32(17-4-2)22-14-9-8-13-21(22)31/h3-4,8-9,13-14,23-26,34H,1-2,5-7,10-12,15-20H2/t23-,24+,25-,26?,30?/m0/s1. The van der Waals surface area contributed by atoms with E-state index in [0.717, 1.165) is 19.3 Å². The number of halogens is 1. The van der Waals surface area contributed by atoms with Crippen LogP contribution in [0.25, 0.3) is 0 Å². The molecule has 5 atom stereocenters. The zero-order valence-electron chi connectivity index (χ0n) is 22.4. The van der Waals surface area contributed by atoms with Crippen molar-refractivity contribution in [3.63, 3.8) is 0 Å². The van der Waals surface area contributed by atoms with Gasteiger partial charge in [-0.25, -0.2) is 0 Å². The molecule has 2 unspecified atom stereocenters. The van der Waals surface area contributed by atoms with E-state index in [9.17, 15) is 14.4 Å². The lowest BCUT2D eigenvalue weighted by Gasteiger charge is -2.37. The van der Waals surface area contributed by atoms with Crippen LogP contribution in [0.3, 0.4) is 0 Å². The summed E-state index contributed by atoms with van der Waals surface area (Å²) < 4.78 is 12.1. The molecule has 8 nitrogen and oxygen atoms in total. The minimum absolute atomic E-state index is 0.120. The molecule has 39 heavy (non-hydrogen) atoms. The fourth-order valence-electron chi connectivity index (χ4n) is 6.44. The summed E-state index contributed by atoms with van der Waals surface area (Å²) in [6.07, 6.45) is 8.41. The van der Waals surface area contributed by atoms with E-state index in [1.807, 2.05) is 0 Å². The van der Waals surface area contributed by atoms with Gasteiger partial charge >= 0.3 is 5.97 Å². The van der Waals surface area contributed by atoms with Crippen molar-refractivity contribution in [1.82, 2.24) is 4.90 Å². The average molecular weight is 559 g/mol. The van der Waals surface area contributed by atoms with Gasteiger partial charge in [-0.05, 0) is 50.7 Å². The van der Waals surface area contributed by atoms with Crippen LogP contribution in [0.2, 0.25) is 5.02 Å². The van der Waals surface area contributed by atoms with Gasteiger partial charge in [0.2, 0.25) is 5.91 Å². The first kappa shape index (κ1) is 29.3. The van der Waals surface area contributed by atoms with Crippen LogP contribution in [0, 0.1) is 11.8 Å². The number of esters is 1. The topological polar surface area (TPSA) is 96.4 Å². The van der Waals surface area contributed by atoms with Crippen LogP contribution >= 0.6 is 11.6 Å². The highest BCUT2D eigenvalue weighted by molar-refractivity contribution is 6.34. The second-order valence-electron chi connectivity index (χ2n) is 10.5. The molecule has 1 aromatic carbocycles. The maximum absolute atomic E-state index is 14.4. The summed E-state index contributed by atoms with van der Waals surface area (Å²) in [4.78, 5) is 44.9. The number of aliphatic hydroxyl groups is 1. The molecule has 2 amide bonds. The van der Waals surface area contributed by atoms with Crippen molar-refractivity contribution in [2.45, 2.75) is 69.1 Å². The van der Waals surface area contributed by atoms with Gasteiger partial charge < -0.3 is 24.4 Å². The Kier molecular flexibility index (Phi) is 9.86. The van der Waals surface area contributed by atoms with E-state index in [4.69, 9.17) is 26.2 Å². The Balaban J connectivity index is 1.66. The first-order chi connectivity index (χ1) is 18.9. The number of benzene rings is 1. The highest BCUT2D eigenvalue weighted by atomic mass is 35.5. The fourth-order valence-corrected chi connectivity index (χ4v) is 6.68. The zero-order valence-corrected chi connectivity index (χ0v) is 23.2. The Labute approximate surface area is 235 Å². The molecule has 3 saturated heterocycles. The summed E-state index contributed by atoms with van der Waals surface area (Å²) in [6.45, 7) is 8.46. The number of hydrogen-bond acceptors (Lipinski definition) is 6. The normalized spacial score (nSPS) is 26.9. The van der Waals surface area contributed by atoms with Crippen molar-refractivity contribution in [3.05, 3.63) is 54.6 Å². The number of carbonyl (C=O) groups is 3. The molecule has 3 aliphatic rings. The molecule has 3 heterocycles. The van der Waals surface area contributed by atoms with E-state index in [1.165, 1.54) is 0 Å². The molecule has 212 valence electrons. The van der Waals surface area contributed by atoms with Crippen LogP contribution in [0.4, 0.5) is 5.69 Å². The number of hydrogen-bond donors (Lipinski definition) is 1. The largest absolute Gasteiger partial charge is 0.465 e. The van der Waals surface area contributed by atoms with Crippen LogP contribution in [0.15, 0.2) is 49.6 Å². The molecule has 1 N–H and O–H groups in total. The number of rotatable bonds is 15. The zero-order chi connectivity index (χ0) is 28.0. The number of allylic oxidation sites excluding steroid dienone is 1. The number of carbonyl (C=O) groups excluding carboxylic acids is 3. The van der Waals surface area contributed by atoms with Crippen molar-refractivity contribution in [3.8, 4) is 0 Å². The Hall–Kier alpha value is -2.68. The molecule has 4 rings (SSSR count). The molecule has 0 aromatic heterocycles. The SMILES string of the molecule is C=CCCCOC(=O)[C@@H]1[C@@H]2CCC3(O2)C(C(=O)N(CC=C)c2ccccc2Cl)N(CCCCCCO)C(=O)[C@H]13. The number of likely N-dealkylation sites (tertiary alicyclic amines) is 1. The van der Waals surface area contributed by atoms with Crippen molar-refractivity contribution in [1.29, 1.82) is 0 Å². The predicted molar refractivity (Wildman–Crippen MR) is 149 cm³/mol. The number of amides is 2. The summed E-state index contributed by atoms with van der Waals surface area (Å²) in [7, 11) is 0. The number of aliphatic hydroxyl groups excluding tert-OH is 1. The first-order valence-corrected chi connectivity index (χ1v) is 14.3. The van der Waals surface area contributed by atoms with Gasteiger partial charge in [0.05, 0.1) is 35.3 Å². The van der Waals surface area contributed by atoms with Crippen LogP contribution < -0.4 is 4.90 Å². The summed E-state index contributed by atoms with van der Waals surface area (Å²) in [6, 6.07) is 6.19. The van der Waals surface area contributed by atoms with E-state index in [2.05, 4.69) is 13.2 Å². The highest BCUT2D eigenvalue weighted by Gasteiger charge is 2.75. The molecule has 2 bridgehead atoms. The Bertz CT molecular complexity index is 1080. The van der Waals surface area contributed by atoms with E-state index in [-0.39, 0.29) is 31.6 Å². The number of fused-ring (bicyclic) bond motifs is 1. The molecule has 9 heteroatoms.